The third kappa shape index (κ3) is 1.70. The molecule has 2 aliphatic carbocycles. The van der Waals surface area contributed by atoms with E-state index < -0.39 is 35.4 Å². The lowest BCUT2D eigenvalue weighted by atomic mass is 9.60. The van der Waals surface area contributed by atoms with E-state index in [1.165, 1.54) is 0 Å². The Morgan fingerprint density at radius 2 is 2.00 bits per heavy atom. The Kier molecular flexibility index (Phi) is 3.50. The van der Waals surface area contributed by atoms with Gasteiger partial charge in [0.05, 0.1) is 30.3 Å². The Morgan fingerprint density at radius 1 is 1.33 bits per heavy atom. The Balaban J connectivity index is 2.07. The zero-order valence-corrected chi connectivity index (χ0v) is 13.0. The van der Waals surface area contributed by atoms with E-state index in [4.69, 9.17) is 9.47 Å². The summed E-state index contributed by atoms with van der Waals surface area (Å²) in [6.07, 6.45) is -1.79. The molecule has 21 heavy (non-hydrogen) atoms. The summed E-state index contributed by atoms with van der Waals surface area (Å²) in [5, 5.41) is 31.7. The van der Waals surface area contributed by atoms with Crippen molar-refractivity contribution in [1.29, 1.82) is 0 Å². The maximum absolute atomic E-state index is 11.2. The van der Waals surface area contributed by atoms with Crippen molar-refractivity contribution in [3.63, 3.8) is 0 Å². The lowest BCUT2D eigenvalue weighted by Crippen LogP contribution is -2.54. The summed E-state index contributed by atoms with van der Waals surface area (Å²) in [6, 6.07) is 0. The van der Waals surface area contributed by atoms with Crippen LogP contribution in [0.1, 0.15) is 26.7 Å². The average Bonchev–Trinajstić information content (AvgIpc) is 2.89. The molecule has 0 aromatic heterocycles. The summed E-state index contributed by atoms with van der Waals surface area (Å²) in [4.78, 5) is 0. The van der Waals surface area contributed by atoms with Crippen LogP contribution < -0.4 is 0 Å². The Bertz CT molecular complexity index is 452. The van der Waals surface area contributed by atoms with Crippen LogP contribution in [-0.2, 0) is 9.47 Å². The Labute approximate surface area is 125 Å². The molecule has 0 amide bonds. The van der Waals surface area contributed by atoms with Crippen LogP contribution in [0.4, 0.5) is 0 Å². The van der Waals surface area contributed by atoms with Crippen LogP contribution >= 0.6 is 0 Å². The molecule has 1 aliphatic heterocycles. The molecule has 2 saturated carbocycles. The molecule has 1 heterocycles. The molecule has 3 rings (SSSR count). The van der Waals surface area contributed by atoms with Gasteiger partial charge in [-0.05, 0) is 30.3 Å². The highest BCUT2D eigenvalue weighted by atomic mass is 16.7. The Morgan fingerprint density at radius 3 is 2.62 bits per heavy atom. The zero-order chi connectivity index (χ0) is 15.6. The minimum atomic E-state index is -0.828. The lowest BCUT2D eigenvalue weighted by Gasteiger charge is -2.49. The molecule has 0 bridgehead atoms. The van der Waals surface area contributed by atoms with Gasteiger partial charge in [-0.25, -0.2) is 0 Å². The molecular formula is C16H26O5. The molecule has 3 fully saturated rings. The SMILES string of the molecule is C=C1CO[C@@H](OC)[C@]12C[C@@H]1C(O)C(O)C[C@@H](C)[C@]1(C)[C@H]2O. The van der Waals surface area contributed by atoms with Gasteiger partial charge >= 0.3 is 0 Å². The second kappa shape index (κ2) is 4.77. The van der Waals surface area contributed by atoms with Gasteiger partial charge in [-0.3, -0.25) is 0 Å². The van der Waals surface area contributed by atoms with Crippen LogP contribution in [0.5, 0.6) is 0 Å². The van der Waals surface area contributed by atoms with Crippen molar-refractivity contribution in [1.82, 2.24) is 0 Å². The molecule has 2 unspecified atom stereocenters. The van der Waals surface area contributed by atoms with Gasteiger partial charge in [0.25, 0.3) is 0 Å². The molecule has 120 valence electrons. The average molecular weight is 298 g/mol. The quantitative estimate of drug-likeness (QED) is 0.621. The normalized spacial score (nSPS) is 57.0. The summed E-state index contributed by atoms with van der Waals surface area (Å²) in [5.74, 6) is -0.0940. The first-order valence-electron chi connectivity index (χ1n) is 7.67. The molecule has 1 spiro atoms. The molecular weight excluding hydrogens is 272 g/mol. The van der Waals surface area contributed by atoms with Crippen molar-refractivity contribution in [3.05, 3.63) is 12.2 Å². The maximum atomic E-state index is 11.2. The van der Waals surface area contributed by atoms with E-state index in [1.54, 1.807) is 7.11 Å². The number of ether oxygens (including phenoxy) is 2. The van der Waals surface area contributed by atoms with E-state index in [2.05, 4.69) is 6.58 Å². The molecule has 3 N–H and O–H groups in total. The van der Waals surface area contributed by atoms with Gasteiger partial charge in [0.1, 0.15) is 0 Å². The van der Waals surface area contributed by atoms with Crippen LogP contribution in [0.25, 0.3) is 0 Å². The summed E-state index contributed by atoms with van der Waals surface area (Å²) in [5.41, 5.74) is -0.342. The van der Waals surface area contributed by atoms with Gasteiger partial charge in [0, 0.05) is 12.5 Å². The second-order valence-electron chi connectivity index (χ2n) is 7.30. The first-order valence-corrected chi connectivity index (χ1v) is 7.67. The number of methoxy groups -OCH3 is 1. The van der Waals surface area contributed by atoms with Crippen molar-refractivity contribution in [3.8, 4) is 0 Å². The van der Waals surface area contributed by atoms with Crippen molar-refractivity contribution in [2.45, 2.75) is 51.3 Å². The summed E-state index contributed by atoms with van der Waals surface area (Å²) >= 11 is 0. The first kappa shape index (κ1) is 15.4. The molecule has 0 radical (unpaired) electrons. The largest absolute Gasteiger partial charge is 0.391 e. The van der Waals surface area contributed by atoms with E-state index in [0.717, 1.165) is 5.57 Å². The van der Waals surface area contributed by atoms with Crippen molar-refractivity contribution >= 4 is 0 Å². The van der Waals surface area contributed by atoms with Crippen molar-refractivity contribution < 1.29 is 24.8 Å². The van der Waals surface area contributed by atoms with Gasteiger partial charge in [0.15, 0.2) is 6.29 Å². The van der Waals surface area contributed by atoms with Gasteiger partial charge in [-0.15, -0.1) is 0 Å². The predicted octanol–water partition coefficient (Wildman–Crippen LogP) is 0.680. The fraction of sp³-hybridized carbons (Fsp3) is 0.875. The molecule has 8 atom stereocenters. The zero-order valence-electron chi connectivity index (χ0n) is 13.0. The van der Waals surface area contributed by atoms with Crippen LogP contribution in [-0.4, -0.2) is 53.6 Å². The molecule has 3 aliphatic rings. The van der Waals surface area contributed by atoms with E-state index in [9.17, 15) is 15.3 Å². The summed E-state index contributed by atoms with van der Waals surface area (Å²) in [6.45, 7) is 8.50. The number of aliphatic hydroxyl groups excluding tert-OH is 3. The smallest absolute Gasteiger partial charge is 0.169 e. The molecule has 5 nitrogen and oxygen atoms in total. The Hall–Kier alpha value is -0.460. The number of rotatable bonds is 1. The lowest BCUT2D eigenvalue weighted by molar-refractivity contribution is -0.179. The number of fused-ring (bicyclic) bond motifs is 1. The molecule has 5 heteroatoms. The second-order valence-corrected chi connectivity index (χ2v) is 7.30. The summed E-state index contributed by atoms with van der Waals surface area (Å²) in [7, 11) is 1.57. The topological polar surface area (TPSA) is 79.2 Å². The van der Waals surface area contributed by atoms with Crippen LogP contribution in [0.15, 0.2) is 12.2 Å². The van der Waals surface area contributed by atoms with Crippen molar-refractivity contribution in [2.75, 3.05) is 13.7 Å². The monoisotopic (exact) mass is 298 g/mol. The number of hydrogen-bond acceptors (Lipinski definition) is 5. The highest BCUT2D eigenvalue weighted by Gasteiger charge is 2.70. The van der Waals surface area contributed by atoms with Crippen LogP contribution in [0.3, 0.4) is 0 Å². The maximum Gasteiger partial charge on any atom is 0.169 e. The van der Waals surface area contributed by atoms with Gasteiger partial charge in [-0.1, -0.05) is 20.4 Å². The highest BCUT2D eigenvalue weighted by Crippen LogP contribution is 2.66. The molecule has 1 saturated heterocycles. The van der Waals surface area contributed by atoms with Crippen LogP contribution in [0.2, 0.25) is 0 Å². The van der Waals surface area contributed by atoms with E-state index >= 15 is 0 Å². The number of hydrogen-bond donors (Lipinski definition) is 3. The first-order chi connectivity index (χ1) is 9.80. The third-order valence-electron chi connectivity index (χ3n) is 6.60. The standard InChI is InChI=1S/C16H26O5/c1-8-5-11(17)12(18)10-6-16(13(19)15(8,10)3)9(2)7-21-14(16)20-4/h8,10-14,17-19H,2,5-7H2,1,3-4H3/t8-,10-,11?,12?,13-,14-,15+,16-/m1/s1. The van der Waals surface area contributed by atoms with E-state index in [-0.39, 0.29) is 11.8 Å². The third-order valence-corrected chi connectivity index (χ3v) is 6.60. The van der Waals surface area contributed by atoms with E-state index in [0.29, 0.717) is 19.4 Å². The fourth-order valence-electron chi connectivity index (χ4n) is 5.07. The fourth-order valence-corrected chi connectivity index (χ4v) is 5.07. The number of aliphatic hydroxyl groups is 3. The van der Waals surface area contributed by atoms with Crippen molar-refractivity contribution in [2.24, 2.45) is 22.7 Å². The predicted molar refractivity (Wildman–Crippen MR) is 76.3 cm³/mol. The van der Waals surface area contributed by atoms with Gasteiger partial charge in [-0.2, -0.15) is 0 Å². The van der Waals surface area contributed by atoms with Gasteiger partial charge in [0.2, 0.25) is 0 Å². The van der Waals surface area contributed by atoms with Crippen LogP contribution in [0, 0.1) is 22.7 Å². The molecule has 0 aromatic carbocycles. The van der Waals surface area contributed by atoms with Gasteiger partial charge < -0.3 is 24.8 Å². The minimum Gasteiger partial charge on any atom is -0.391 e. The minimum absolute atomic E-state index is 0.0983. The summed E-state index contributed by atoms with van der Waals surface area (Å²) < 4.78 is 11.1. The molecule has 0 aromatic rings. The highest BCUT2D eigenvalue weighted by molar-refractivity contribution is 5.28. The van der Waals surface area contributed by atoms with E-state index in [1.807, 2.05) is 13.8 Å².